The van der Waals surface area contributed by atoms with E-state index in [0.717, 1.165) is 17.4 Å². The summed E-state index contributed by atoms with van der Waals surface area (Å²) in [4.78, 5) is 158. The van der Waals surface area contributed by atoms with Gasteiger partial charge in [-0.3, -0.25) is 14.8 Å². The maximum atomic E-state index is 14.2. The van der Waals surface area contributed by atoms with E-state index in [0.29, 0.717) is 84.6 Å². The van der Waals surface area contributed by atoms with Crippen LogP contribution in [0.25, 0.3) is 5.76 Å². The van der Waals surface area contributed by atoms with Crippen LogP contribution >= 0.6 is 11.6 Å². The van der Waals surface area contributed by atoms with E-state index < -0.39 is 157 Å². The Kier molecular flexibility index (Phi) is 39.5. The fraction of sp³-hybridized carbons (Fsp3) is 0.349. The molecule has 2 aliphatic rings. The van der Waals surface area contributed by atoms with Crippen LogP contribution in [0, 0.1) is 6.92 Å². The first-order valence-electron chi connectivity index (χ1n) is 44.9. The first-order valence-corrected chi connectivity index (χ1v) is 47.2. The molecule has 9 aromatic rings. The van der Waals surface area contributed by atoms with Gasteiger partial charge < -0.3 is 98.3 Å². The van der Waals surface area contributed by atoms with Crippen molar-refractivity contribution in [3.8, 4) is 5.75 Å². The zero-order valence-electron chi connectivity index (χ0n) is 83.2. The maximum absolute atomic E-state index is 14.2. The number of carbonyl (C=O) groups excluding carboxylic acids is 5. The van der Waals surface area contributed by atoms with Crippen LogP contribution in [0.15, 0.2) is 231 Å². The normalized spacial score (nSPS) is 13.9. The van der Waals surface area contributed by atoms with E-state index >= 15 is 0 Å². The molecule has 3 unspecified atom stereocenters. The summed E-state index contributed by atoms with van der Waals surface area (Å²) in [6.07, 6.45) is -3.90. The quantitative estimate of drug-likeness (QED) is 0.00987. The molecule has 11 rings (SSSR count). The van der Waals surface area contributed by atoms with Gasteiger partial charge in [0.2, 0.25) is 10.0 Å². The number of sulfonamides is 1. The van der Waals surface area contributed by atoms with Crippen LogP contribution in [-0.2, 0) is 144 Å². The lowest BCUT2D eigenvalue weighted by molar-refractivity contribution is -0.227. The molecule has 0 radical (unpaired) electrons. The molecule has 0 fully saturated rings. The van der Waals surface area contributed by atoms with Gasteiger partial charge in [-0.2, -0.15) is 0 Å². The molecule has 39 heteroatoms. The molecule has 0 aliphatic carbocycles. The van der Waals surface area contributed by atoms with E-state index in [1.54, 1.807) is 244 Å². The second kappa shape index (κ2) is 48.9. The molecule has 776 valence electrons. The molecule has 0 bridgehead atoms. The van der Waals surface area contributed by atoms with Crippen molar-refractivity contribution in [1.82, 2.24) is 0 Å². The Morgan fingerprint density at radius 2 is 0.703 bits per heavy atom. The van der Waals surface area contributed by atoms with Crippen LogP contribution in [0.1, 0.15) is 200 Å². The van der Waals surface area contributed by atoms with Gasteiger partial charge in [-0.15, -0.1) is 0 Å². The van der Waals surface area contributed by atoms with Gasteiger partial charge in [0.1, 0.15) is 18.1 Å². The predicted molar refractivity (Wildman–Crippen MR) is 530 cm³/mol. The van der Waals surface area contributed by atoms with Crippen molar-refractivity contribution in [3.05, 3.63) is 303 Å². The van der Waals surface area contributed by atoms with E-state index in [9.17, 15) is 112 Å². The minimum Gasteiger partial charge on any atom is -0.489 e. The van der Waals surface area contributed by atoms with Gasteiger partial charge >= 0.3 is 71.8 Å². The number of halogens is 1. The highest BCUT2D eigenvalue weighted by Crippen LogP contribution is 2.43. The second-order valence-corrected chi connectivity index (χ2v) is 40.4. The minimum atomic E-state index is -3.44. The molecule has 2 aliphatic heterocycles. The molecular weight excluding hydrogens is 1930 g/mol. The van der Waals surface area contributed by atoms with E-state index in [1.165, 1.54) is 48.5 Å². The number of amides is 2. The van der Waals surface area contributed by atoms with Crippen molar-refractivity contribution in [2.24, 2.45) is 0 Å². The van der Waals surface area contributed by atoms with Crippen LogP contribution in [0.5, 0.6) is 5.75 Å². The number of hydrogen-bond acceptors (Lipinski definition) is 26. The molecule has 37 nitrogen and oxygen atoms in total. The smallest absolute Gasteiger partial charge is 0.411 e. The summed E-state index contributed by atoms with van der Waals surface area (Å²) in [7, 11) is -3.44. The van der Waals surface area contributed by atoms with Crippen LogP contribution in [0.2, 0.25) is 5.02 Å². The van der Waals surface area contributed by atoms with Crippen molar-refractivity contribution < 1.29 is 164 Å². The second-order valence-electron chi connectivity index (χ2n) is 38.3. The monoisotopic (exact) mass is 2050 g/mol. The topological polar surface area (TPSA) is 556 Å². The van der Waals surface area contributed by atoms with E-state index in [1.807, 2.05) is 49.4 Å². The predicted octanol–water partition coefficient (Wildman–Crippen LogP) is 17.0. The summed E-state index contributed by atoms with van der Waals surface area (Å²) in [5, 5.41) is 81.7. The molecule has 0 saturated carbocycles. The number of benzene rings is 9. The SMILES string of the molecule is C=C1OC(OC(=O)C(Cc2ccc(C)c(Cl)c2)(OC(C)(C)C)C(=O)OC2OC(=O)c3ccccc32)c2ccccc21.CC(C)(C)OC(Cc1ccc(NC(=O)c2ccccc2)cc1)(C(=O)O)C(=O)O.CC(C)(C)OC(Cc1ccc(NS(C)(=O)=O)cc1)(C(=O)O)C(=O)O.CC(C)(C)OC(Cc1ccc(OCc2ccccc2)cc1)(C(=O)O)C(=O)O.CCOC(=O)Nc1ccc(CC(OC(C)(C)C)(C(=O)O)C(=O)O)cc1. The number of rotatable bonds is 36. The number of nitrogens with one attached hydrogen (secondary N) is 3. The molecule has 11 N–H and O–H groups in total. The van der Waals surface area contributed by atoms with Crippen LogP contribution in [0.4, 0.5) is 21.9 Å². The lowest BCUT2D eigenvalue weighted by Gasteiger charge is -2.36. The average Bonchev–Trinajstić information content (AvgIpc) is 1.69. The summed E-state index contributed by atoms with van der Waals surface area (Å²) in [6, 6.07) is 61.9. The number of aliphatic carboxylic acids is 8. The standard InChI is InChI=1S/C32H29ClO8.C21H23NO6.C21H24O6.C17H23NO7.C15H21NO7S/c1-18-14-15-20(16-25(18)33)17-32(41-31(3,4)5,29(35)39-27-23-12-8-6-10-21(23)19(2)37-27)30(36)40-28-24-13-9-7-11-22(24)26(34)38-28;1-20(2,3)28-21(18(24)25,19(26)27)13-14-9-11-16(12-10-14)22-17(23)15-7-5-4-6-8-15;1-20(2,3)27-21(18(22)23,19(24)25)13-15-9-11-17(12-10-15)26-14-16-7-5-4-6-8-16;1-5-24-15(23)18-12-8-6-11(7-9-12)10-17(13(19)20,14(21)22)25-16(2,3)4;1-14(2,3)23-15(12(17)18,13(19)20)9-10-5-7-11(8-6-10)16-24(4,21)22/h6-16,27-28H,2,17H2,1,3-5H3;4-12H,13H2,1-3H3,(H,22,23)(H,24,25)(H,26,27);4-12H,13-14H2,1-3H3,(H,22,23)(H,24,25);6-9H,5,10H2,1-4H3,(H,18,23)(H,19,20)(H,21,22);5-8,16H,9H2,1-4H3,(H,17,18)(H,19,20). The Labute approximate surface area is 843 Å². The Morgan fingerprint density at radius 3 is 1.07 bits per heavy atom. The number of carbonyl (C=O) groups is 13. The molecule has 9 aromatic carbocycles. The Hall–Kier alpha value is -14.9. The Balaban J connectivity index is 0.000000250. The third kappa shape index (κ3) is 33.9. The number of esters is 3. The number of cyclic esters (lactones) is 1. The molecular formula is C106H120ClN3O34S. The Bertz CT molecular complexity index is 6120. The number of ether oxygens (including phenoxy) is 11. The van der Waals surface area contributed by atoms with Crippen LogP contribution < -0.4 is 20.1 Å². The maximum Gasteiger partial charge on any atom is 0.411 e. The zero-order chi connectivity index (χ0) is 109. The minimum absolute atomic E-state index is 0.230. The Morgan fingerprint density at radius 1 is 0.386 bits per heavy atom. The molecule has 2 amide bonds. The fourth-order valence-electron chi connectivity index (χ4n) is 14.3. The number of aryl methyl sites for hydroxylation is 1. The summed E-state index contributed by atoms with van der Waals surface area (Å²) in [5.41, 5.74) is -9.13. The third-order valence-electron chi connectivity index (χ3n) is 20.3. The van der Waals surface area contributed by atoms with Crippen LogP contribution in [-0.4, -0.2) is 196 Å². The highest BCUT2D eigenvalue weighted by molar-refractivity contribution is 7.92. The van der Waals surface area contributed by atoms with Crippen molar-refractivity contribution >= 4 is 122 Å². The molecule has 2 heterocycles. The summed E-state index contributed by atoms with van der Waals surface area (Å²) >= 11 is 6.39. The van der Waals surface area contributed by atoms with Gasteiger partial charge in [-0.1, -0.05) is 170 Å². The van der Waals surface area contributed by atoms with Gasteiger partial charge in [-0.25, -0.2) is 66.0 Å². The highest BCUT2D eigenvalue weighted by Gasteiger charge is 2.58. The zero-order valence-corrected chi connectivity index (χ0v) is 84.7. The van der Waals surface area contributed by atoms with Gasteiger partial charge in [0.25, 0.3) is 46.5 Å². The van der Waals surface area contributed by atoms with E-state index in [4.69, 9.17) is 63.7 Å². The molecule has 0 spiro atoms. The lowest BCUT2D eigenvalue weighted by atomic mass is 9.92. The lowest BCUT2D eigenvalue weighted by Crippen LogP contribution is -2.56. The molecule has 145 heavy (non-hydrogen) atoms. The number of fused-ring (bicyclic) bond motifs is 2. The average molecular weight is 2050 g/mol. The van der Waals surface area contributed by atoms with Crippen molar-refractivity contribution in [2.45, 2.75) is 225 Å². The molecule has 3 atom stereocenters. The van der Waals surface area contributed by atoms with E-state index in [-0.39, 0.29) is 49.4 Å². The highest BCUT2D eigenvalue weighted by atomic mass is 35.5. The number of carboxylic acids is 8. The summed E-state index contributed by atoms with van der Waals surface area (Å²) in [6.45, 7) is 32.2. The van der Waals surface area contributed by atoms with E-state index in [2.05, 4.69) is 21.9 Å². The van der Waals surface area contributed by atoms with Gasteiger partial charge in [0, 0.05) is 76.4 Å². The van der Waals surface area contributed by atoms with Crippen molar-refractivity contribution in [3.63, 3.8) is 0 Å². The summed E-state index contributed by atoms with van der Waals surface area (Å²) in [5.74, 6) is -14.7. The largest absolute Gasteiger partial charge is 0.489 e. The number of anilines is 3. The van der Waals surface area contributed by atoms with Crippen molar-refractivity contribution in [2.75, 3.05) is 28.2 Å². The first-order chi connectivity index (χ1) is 67.3. The van der Waals surface area contributed by atoms with Gasteiger partial charge in [0.15, 0.2) is 0 Å². The van der Waals surface area contributed by atoms with Gasteiger partial charge in [0.05, 0.1) is 46.4 Å². The number of hydrogen-bond donors (Lipinski definition) is 11. The molecule has 0 saturated heterocycles. The third-order valence-corrected chi connectivity index (χ3v) is 21.3. The number of carboxylic acid groups (broad SMARTS) is 8. The van der Waals surface area contributed by atoms with Crippen molar-refractivity contribution in [1.29, 1.82) is 0 Å². The van der Waals surface area contributed by atoms with Crippen LogP contribution in [0.3, 0.4) is 0 Å². The first kappa shape index (κ1) is 117. The fourth-order valence-corrected chi connectivity index (χ4v) is 15.1. The summed E-state index contributed by atoms with van der Waals surface area (Å²) < 4.78 is 85.6. The molecule has 0 aromatic heterocycles. The van der Waals surface area contributed by atoms with Gasteiger partial charge in [-0.05, 0) is 229 Å².